The molecule has 10 heteroatoms. The molecule has 0 aliphatic rings. The predicted molar refractivity (Wildman–Crippen MR) is 114 cm³/mol. The third kappa shape index (κ3) is 5.62. The highest BCUT2D eigenvalue weighted by Crippen LogP contribution is 2.28. The highest BCUT2D eigenvalue weighted by Gasteiger charge is 2.25. The van der Waals surface area contributed by atoms with Gasteiger partial charge in [0.05, 0.1) is 30.4 Å². The van der Waals surface area contributed by atoms with Gasteiger partial charge in [-0.25, -0.2) is 0 Å². The van der Waals surface area contributed by atoms with Crippen LogP contribution in [0.15, 0.2) is 6.07 Å². The molecule has 1 atom stereocenters. The van der Waals surface area contributed by atoms with Crippen LogP contribution in [0.1, 0.15) is 20.7 Å². The fraction of sp³-hybridized carbons (Fsp3) is 0.429. The summed E-state index contributed by atoms with van der Waals surface area (Å²) in [5, 5.41) is 29.7. The number of hydrogen-bond acceptors (Lipinski definition) is 5. The van der Waals surface area contributed by atoms with Gasteiger partial charge in [0.2, 0.25) is 0 Å². The Morgan fingerprint density at radius 3 is 2.33 bits per heavy atom. The van der Waals surface area contributed by atoms with Gasteiger partial charge in [0.1, 0.15) is 0 Å². The van der Waals surface area contributed by atoms with E-state index in [9.17, 15) is 14.7 Å². The lowest BCUT2D eigenvalue weighted by molar-refractivity contribution is 0.0764. The molecule has 7 nitrogen and oxygen atoms in total. The van der Waals surface area contributed by atoms with Crippen molar-refractivity contribution in [1.29, 1.82) is 0 Å². The minimum atomic E-state index is -1.04. The third-order valence-corrected chi connectivity index (χ3v) is 5.88. The number of nitrogens with zero attached hydrogens (tertiary/aromatic N) is 1. The molecule has 2 amide bonds. The Kier molecular flexibility index (Phi) is 9.65. The number of rotatable bonds is 7. The number of aliphatic hydroxyl groups excluding tert-OH is 3. The molecular formula is C14H17I3N2O5. The first-order chi connectivity index (χ1) is 11.2. The first kappa shape index (κ1) is 22.3. The fourth-order valence-corrected chi connectivity index (χ4v) is 6.12. The van der Waals surface area contributed by atoms with Crippen LogP contribution in [0.3, 0.4) is 0 Å². The SMILES string of the molecule is CN(CCO)C(=O)c1c(I)cc(I)c(C(=O)NCC(O)CO)c1I. The number of nitrogens with one attached hydrogen (secondary N) is 1. The molecule has 0 saturated heterocycles. The Morgan fingerprint density at radius 1 is 1.21 bits per heavy atom. The predicted octanol–water partition coefficient (Wildman–Crippen LogP) is 0.648. The fourth-order valence-electron chi connectivity index (χ4n) is 1.80. The van der Waals surface area contributed by atoms with E-state index in [0.717, 1.165) is 0 Å². The van der Waals surface area contributed by atoms with Crippen molar-refractivity contribution in [3.63, 3.8) is 0 Å². The largest absolute Gasteiger partial charge is 0.395 e. The highest BCUT2D eigenvalue weighted by atomic mass is 127. The first-order valence-electron chi connectivity index (χ1n) is 6.85. The van der Waals surface area contributed by atoms with Crippen molar-refractivity contribution in [2.75, 3.05) is 33.4 Å². The normalized spacial score (nSPS) is 12.0. The molecule has 0 radical (unpaired) electrons. The molecule has 0 aromatic heterocycles. The lowest BCUT2D eigenvalue weighted by Crippen LogP contribution is -2.36. The topological polar surface area (TPSA) is 110 Å². The van der Waals surface area contributed by atoms with E-state index in [-0.39, 0.29) is 25.6 Å². The average Bonchev–Trinajstić information content (AvgIpc) is 2.51. The first-order valence-corrected chi connectivity index (χ1v) is 10.1. The monoisotopic (exact) mass is 674 g/mol. The number of likely N-dealkylation sites (N-methyl/N-ethyl adjacent to an activating group) is 1. The van der Waals surface area contributed by atoms with E-state index >= 15 is 0 Å². The van der Waals surface area contributed by atoms with Crippen LogP contribution in [-0.4, -0.2) is 71.5 Å². The second-order valence-electron chi connectivity index (χ2n) is 4.90. The zero-order valence-corrected chi connectivity index (χ0v) is 19.2. The zero-order chi connectivity index (χ0) is 18.4. The van der Waals surface area contributed by atoms with E-state index in [1.54, 1.807) is 13.1 Å². The summed E-state index contributed by atoms with van der Waals surface area (Å²) in [6, 6.07) is 1.74. The van der Waals surface area contributed by atoms with E-state index in [1.165, 1.54) is 4.90 Å². The summed E-state index contributed by atoms with van der Waals surface area (Å²) in [5.41, 5.74) is 0.753. The summed E-state index contributed by atoms with van der Waals surface area (Å²) in [5.74, 6) is -0.703. The van der Waals surface area contributed by atoms with Gasteiger partial charge < -0.3 is 25.5 Å². The average molecular weight is 674 g/mol. The van der Waals surface area contributed by atoms with E-state index in [2.05, 4.69) is 5.32 Å². The second-order valence-corrected chi connectivity index (χ2v) is 8.30. The smallest absolute Gasteiger partial charge is 0.255 e. The number of carbonyl (C=O) groups excluding carboxylic acids is 2. The third-order valence-electron chi connectivity index (χ3n) is 3.10. The minimum Gasteiger partial charge on any atom is -0.395 e. The molecule has 0 aliphatic heterocycles. The number of amides is 2. The van der Waals surface area contributed by atoms with E-state index < -0.39 is 18.6 Å². The summed E-state index contributed by atoms with van der Waals surface area (Å²) >= 11 is 6.02. The summed E-state index contributed by atoms with van der Waals surface area (Å²) in [4.78, 5) is 26.4. The Hall–Kier alpha value is 0.230. The van der Waals surface area contributed by atoms with E-state index in [4.69, 9.17) is 10.2 Å². The molecule has 0 aliphatic carbocycles. The van der Waals surface area contributed by atoms with Crippen LogP contribution in [0.4, 0.5) is 0 Å². The van der Waals surface area contributed by atoms with Gasteiger partial charge in [0.25, 0.3) is 11.8 Å². The minimum absolute atomic E-state index is 0.0822. The number of hydrogen-bond donors (Lipinski definition) is 4. The zero-order valence-electron chi connectivity index (χ0n) is 12.7. The van der Waals surface area contributed by atoms with Crippen LogP contribution in [0, 0.1) is 10.7 Å². The van der Waals surface area contributed by atoms with Crippen molar-refractivity contribution in [2.45, 2.75) is 6.10 Å². The molecule has 0 fully saturated rings. The Labute approximate surface area is 180 Å². The molecule has 0 heterocycles. The van der Waals surface area contributed by atoms with Crippen LogP contribution < -0.4 is 5.32 Å². The van der Waals surface area contributed by atoms with Crippen LogP contribution in [0.25, 0.3) is 0 Å². The standard InChI is InChI=1S/C14H17I3N2O5/c1-19(2-3-20)14(24)11-9(16)4-8(15)10(12(11)17)13(23)18-5-7(22)6-21/h4,7,20-22H,2-3,5-6H2,1H3,(H,18,23). The van der Waals surface area contributed by atoms with Crippen molar-refractivity contribution in [1.82, 2.24) is 10.2 Å². The lowest BCUT2D eigenvalue weighted by Gasteiger charge is -2.20. The molecule has 4 N–H and O–H groups in total. The molecule has 1 unspecified atom stereocenters. The van der Waals surface area contributed by atoms with Gasteiger partial charge in [-0.3, -0.25) is 9.59 Å². The van der Waals surface area contributed by atoms with Gasteiger partial charge in [-0.1, -0.05) is 0 Å². The van der Waals surface area contributed by atoms with Crippen molar-refractivity contribution < 1.29 is 24.9 Å². The van der Waals surface area contributed by atoms with Crippen LogP contribution >= 0.6 is 67.8 Å². The molecule has 1 rings (SSSR count). The maximum atomic E-state index is 12.6. The van der Waals surface area contributed by atoms with Crippen molar-refractivity contribution >= 4 is 79.6 Å². The summed E-state index contributed by atoms with van der Waals surface area (Å²) < 4.78 is 1.90. The maximum Gasteiger partial charge on any atom is 0.255 e. The van der Waals surface area contributed by atoms with Gasteiger partial charge in [0.15, 0.2) is 0 Å². The van der Waals surface area contributed by atoms with Crippen LogP contribution in [-0.2, 0) is 0 Å². The van der Waals surface area contributed by atoms with Gasteiger partial charge in [-0.2, -0.15) is 0 Å². The van der Waals surface area contributed by atoms with Gasteiger partial charge in [0, 0.05) is 30.8 Å². The molecule has 1 aromatic carbocycles. The summed E-state index contributed by atoms with van der Waals surface area (Å²) in [6.45, 7) is -0.481. The number of carbonyl (C=O) groups is 2. The van der Waals surface area contributed by atoms with Crippen LogP contribution in [0.5, 0.6) is 0 Å². The molecule has 0 bridgehead atoms. The van der Waals surface area contributed by atoms with Crippen molar-refractivity contribution in [2.24, 2.45) is 0 Å². The summed E-state index contributed by atoms with van der Waals surface area (Å²) in [7, 11) is 1.58. The molecule has 1 aromatic rings. The summed E-state index contributed by atoms with van der Waals surface area (Å²) in [6.07, 6.45) is -1.04. The number of aliphatic hydroxyl groups is 3. The highest BCUT2D eigenvalue weighted by molar-refractivity contribution is 14.1. The Bertz CT molecular complexity index is 627. The second kappa shape index (κ2) is 10.4. The molecule has 24 heavy (non-hydrogen) atoms. The Morgan fingerprint density at radius 2 is 1.79 bits per heavy atom. The maximum absolute atomic E-state index is 12.6. The van der Waals surface area contributed by atoms with Gasteiger partial charge in [-0.05, 0) is 73.8 Å². The van der Waals surface area contributed by atoms with Gasteiger partial charge >= 0.3 is 0 Å². The van der Waals surface area contributed by atoms with Crippen LogP contribution in [0.2, 0.25) is 0 Å². The lowest BCUT2D eigenvalue weighted by atomic mass is 10.1. The molecule has 0 spiro atoms. The van der Waals surface area contributed by atoms with Gasteiger partial charge in [-0.15, -0.1) is 0 Å². The van der Waals surface area contributed by atoms with E-state index in [1.807, 2.05) is 67.8 Å². The molecular weight excluding hydrogens is 657 g/mol. The molecule has 0 saturated carbocycles. The molecule has 134 valence electrons. The quantitative estimate of drug-likeness (QED) is 0.318. The van der Waals surface area contributed by atoms with Crippen molar-refractivity contribution in [3.05, 3.63) is 27.9 Å². The number of benzene rings is 1. The number of halogens is 3. The van der Waals surface area contributed by atoms with Crippen molar-refractivity contribution in [3.8, 4) is 0 Å². The van der Waals surface area contributed by atoms with E-state index in [0.29, 0.717) is 21.8 Å². The Balaban J connectivity index is 3.21.